The molecule has 3 rings (SSSR count). The lowest BCUT2D eigenvalue weighted by Crippen LogP contribution is -2.09. The maximum Gasteiger partial charge on any atom is 0.275 e. The van der Waals surface area contributed by atoms with Gasteiger partial charge in [0.05, 0.1) is 5.52 Å². The van der Waals surface area contributed by atoms with Gasteiger partial charge in [0.1, 0.15) is 11.8 Å². The molecule has 0 amide bonds. The van der Waals surface area contributed by atoms with E-state index in [0.29, 0.717) is 5.52 Å². The molecule has 0 aliphatic heterocycles. The number of aromatic amines is 1. The van der Waals surface area contributed by atoms with Crippen molar-refractivity contribution in [1.29, 1.82) is 0 Å². The summed E-state index contributed by atoms with van der Waals surface area (Å²) in [4.78, 5) is 14.1. The number of rotatable bonds is 0. The number of nitrogens with one attached hydrogen (secondary N) is 1. The second-order valence-electron chi connectivity index (χ2n) is 3.62. The third-order valence-electron chi connectivity index (χ3n) is 2.53. The van der Waals surface area contributed by atoms with Gasteiger partial charge in [-0.15, -0.1) is 0 Å². The van der Waals surface area contributed by atoms with E-state index in [-0.39, 0.29) is 5.56 Å². The molecule has 15 heavy (non-hydrogen) atoms. The number of fused-ring (bicyclic) bond motifs is 3. The van der Waals surface area contributed by atoms with Crippen LogP contribution in [0, 0.1) is 6.92 Å². The molecular formula is C11H9N3O. The van der Waals surface area contributed by atoms with Gasteiger partial charge in [-0.05, 0) is 25.1 Å². The van der Waals surface area contributed by atoms with Crippen molar-refractivity contribution in [2.45, 2.75) is 6.92 Å². The smallest absolute Gasteiger partial charge is 0.275 e. The Hall–Kier alpha value is -2.10. The van der Waals surface area contributed by atoms with Crippen molar-refractivity contribution in [2.24, 2.45) is 0 Å². The Balaban J connectivity index is 2.63. The van der Waals surface area contributed by atoms with Gasteiger partial charge in [0.25, 0.3) is 5.56 Å². The van der Waals surface area contributed by atoms with Gasteiger partial charge in [-0.3, -0.25) is 4.79 Å². The molecule has 0 saturated heterocycles. The molecule has 0 aliphatic carbocycles. The Kier molecular flexibility index (Phi) is 1.48. The summed E-state index contributed by atoms with van der Waals surface area (Å²) < 4.78 is 1.66. The third kappa shape index (κ3) is 1.08. The van der Waals surface area contributed by atoms with E-state index in [1.807, 2.05) is 31.2 Å². The maximum atomic E-state index is 11.5. The lowest BCUT2D eigenvalue weighted by atomic mass is 10.2. The van der Waals surface area contributed by atoms with E-state index in [1.54, 1.807) is 4.52 Å². The van der Waals surface area contributed by atoms with Crippen molar-refractivity contribution in [1.82, 2.24) is 14.6 Å². The molecular weight excluding hydrogens is 190 g/mol. The molecule has 1 N–H and O–H groups in total. The highest BCUT2D eigenvalue weighted by Crippen LogP contribution is 2.17. The highest BCUT2D eigenvalue weighted by Gasteiger charge is 2.05. The second-order valence-corrected chi connectivity index (χ2v) is 3.62. The van der Waals surface area contributed by atoms with Crippen LogP contribution in [-0.2, 0) is 0 Å². The molecule has 2 aromatic heterocycles. The average molecular weight is 199 g/mol. The molecule has 0 fully saturated rings. The zero-order valence-electron chi connectivity index (χ0n) is 8.19. The van der Waals surface area contributed by atoms with E-state index in [9.17, 15) is 4.79 Å². The Morgan fingerprint density at radius 3 is 3.00 bits per heavy atom. The zero-order chi connectivity index (χ0) is 10.4. The molecule has 3 aromatic rings. The van der Waals surface area contributed by atoms with Crippen LogP contribution in [0.3, 0.4) is 0 Å². The van der Waals surface area contributed by atoms with Crippen molar-refractivity contribution >= 4 is 16.4 Å². The topological polar surface area (TPSA) is 50.2 Å². The SMILES string of the molecule is Cc1ccc2c(c1)cc1c(=O)[nH]cnn12. The van der Waals surface area contributed by atoms with E-state index in [4.69, 9.17) is 0 Å². The summed E-state index contributed by atoms with van der Waals surface area (Å²) in [5.41, 5.74) is 2.61. The molecule has 0 radical (unpaired) electrons. The van der Waals surface area contributed by atoms with Crippen LogP contribution in [0.2, 0.25) is 0 Å². The molecule has 1 aromatic carbocycles. The Morgan fingerprint density at radius 1 is 1.27 bits per heavy atom. The van der Waals surface area contributed by atoms with Gasteiger partial charge < -0.3 is 4.98 Å². The summed E-state index contributed by atoms with van der Waals surface area (Å²) >= 11 is 0. The van der Waals surface area contributed by atoms with Gasteiger partial charge in [-0.2, -0.15) is 5.10 Å². The van der Waals surface area contributed by atoms with Crippen molar-refractivity contribution in [3.8, 4) is 0 Å². The standard InChI is InChI=1S/C11H9N3O/c1-7-2-3-9-8(4-7)5-10-11(15)12-6-13-14(9)10/h2-6H,1H3,(H,12,13,15). The van der Waals surface area contributed by atoms with Crippen molar-refractivity contribution < 1.29 is 0 Å². The summed E-state index contributed by atoms with van der Waals surface area (Å²) in [6.45, 7) is 2.03. The second kappa shape index (κ2) is 2.70. The summed E-state index contributed by atoms with van der Waals surface area (Å²) in [5, 5.41) is 5.16. The normalized spacial score (nSPS) is 11.3. The molecule has 2 heterocycles. The predicted molar refractivity (Wildman–Crippen MR) is 58.1 cm³/mol. The molecule has 4 nitrogen and oxygen atoms in total. The first-order valence-electron chi connectivity index (χ1n) is 4.71. The number of H-pyrrole nitrogens is 1. The van der Waals surface area contributed by atoms with Gasteiger partial charge in [-0.1, -0.05) is 11.6 Å². The lowest BCUT2D eigenvalue weighted by molar-refractivity contribution is 0.914. The predicted octanol–water partition coefficient (Wildman–Crippen LogP) is 1.48. The van der Waals surface area contributed by atoms with Crippen LogP contribution in [0.15, 0.2) is 35.4 Å². The molecule has 0 bridgehead atoms. The van der Waals surface area contributed by atoms with Crippen LogP contribution in [0.1, 0.15) is 5.56 Å². The van der Waals surface area contributed by atoms with Gasteiger partial charge in [0.15, 0.2) is 0 Å². The molecule has 0 saturated carbocycles. The summed E-state index contributed by atoms with van der Waals surface area (Å²) in [6, 6.07) is 7.89. The highest BCUT2D eigenvalue weighted by atomic mass is 16.1. The minimum absolute atomic E-state index is 0.112. The van der Waals surface area contributed by atoms with Crippen LogP contribution in [-0.4, -0.2) is 14.6 Å². The number of aromatic nitrogens is 3. The first-order chi connectivity index (χ1) is 7.25. The van der Waals surface area contributed by atoms with E-state index in [2.05, 4.69) is 10.1 Å². The first-order valence-corrected chi connectivity index (χ1v) is 4.71. The average Bonchev–Trinajstić information content (AvgIpc) is 2.57. The van der Waals surface area contributed by atoms with E-state index < -0.39 is 0 Å². The Morgan fingerprint density at radius 2 is 2.13 bits per heavy atom. The Bertz CT molecular complexity index is 708. The van der Waals surface area contributed by atoms with Gasteiger partial charge in [-0.25, -0.2) is 4.52 Å². The molecule has 4 heteroatoms. The van der Waals surface area contributed by atoms with Gasteiger partial charge in [0.2, 0.25) is 0 Å². The fourth-order valence-corrected chi connectivity index (χ4v) is 1.83. The number of hydrogen-bond acceptors (Lipinski definition) is 2. The molecule has 0 aliphatic rings. The first kappa shape index (κ1) is 8.23. The quantitative estimate of drug-likeness (QED) is 0.596. The van der Waals surface area contributed by atoms with Crippen LogP contribution in [0.25, 0.3) is 16.4 Å². The third-order valence-corrected chi connectivity index (χ3v) is 2.53. The molecule has 0 atom stereocenters. The number of hydrogen-bond donors (Lipinski definition) is 1. The minimum atomic E-state index is -0.112. The number of aryl methyl sites for hydroxylation is 1. The van der Waals surface area contributed by atoms with E-state index in [0.717, 1.165) is 10.9 Å². The van der Waals surface area contributed by atoms with Crippen molar-refractivity contribution in [3.05, 3.63) is 46.5 Å². The van der Waals surface area contributed by atoms with Crippen LogP contribution < -0.4 is 5.56 Å². The van der Waals surface area contributed by atoms with Crippen LogP contribution in [0.5, 0.6) is 0 Å². The Labute approximate surface area is 85.2 Å². The van der Waals surface area contributed by atoms with Crippen LogP contribution >= 0.6 is 0 Å². The number of nitrogens with zero attached hydrogens (tertiary/aromatic N) is 2. The van der Waals surface area contributed by atoms with Crippen molar-refractivity contribution in [3.63, 3.8) is 0 Å². The van der Waals surface area contributed by atoms with Gasteiger partial charge >= 0.3 is 0 Å². The molecule has 74 valence electrons. The molecule has 0 unspecified atom stereocenters. The fraction of sp³-hybridized carbons (Fsp3) is 0.0909. The minimum Gasteiger partial charge on any atom is -0.310 e. The fourth-order valence-electron chi connectivity index (χ4n) is 1.83. The maximum absolute atomic E-state index is 11.5. The summed E-state index contributed by atoms with van der Waals surface area (Å²) in [7, 11) is 0. The summed E-state index contributed by atoms with van der Waals surface area (Å²) in [5.74, 6) is 0. The lowest BCUT2D eigenvalue weighted by Gasteiger charge is -1.94. The van der Waals surface area contributed by atoms with Crippen LogP contribution in [0.4, 0.5) is 0 Å². The number of benzene rings is 1. The van der Waals surface area contributed by atoms with E-state index in [1.165, 1.54) is 11.9 Å². The van der Waals surface area contributed by atoms with Crippen molar-refractivity contribution in [2.75, 3.05) is 0 Å². The van der Waals surface area contributed by atoms with Gasteiger partial charge in [0, 0.05) is 5.39 Å². The monoisotopic (exact) mass is 199 g/mol. The highest BCUT2D eigenvalue weighted by molar-refractivity contribution is 5.86. The summed E-state index contributed by atoms with van der Waals surface area (Å²) in [6.07, 6.45) is 1.41. The molecule has 0 spiro atoms. The largest absolute Gasteiger partial charge is 0.310 e. The zero-order valence-corrected chi connectivity index (χ0v) is 8.19. The van der Waals surface area contributed by atoms with E-state index >= 15 is 0 Å².